The molecular formula is C19H45NO3. The van der Waals surface area contributed by atoms with E-state index in [4.69, 9.17) is 9.90 Å². The van der Waals surface area contributed by atoms with Gasteiger partial charge in [-0.2, -0.15) is 0 Å². The van der Waals surface area contributed by atoms with E-state index in [9.17, 15) is 5.11 Å². The Morgan fingerprint density at radius 3 is 1.96 bits per heavy atom. The number of aliphatic hydroxyl groups is 1. The molecule has 23 heavy (non-hydrogen) atoms. The van der Waals surface area contributed by atoms with Gasteiger partial charge in [0.1, 0.15) is 0 Å². The quantitative estimate of drug-likeness (QED) is 0.484. The van der Waals surface area contributed by atoms with Crippen LogP contribution in [0.3, 0.4) is 0 Å². The summed E-state index contributed by atoms with van der Waals surface area (Å²) >= 11 is 0. The minimum atomic E-state index is -0.250. The molecule has 1 saturated heterocycles. The first-order valence-electron chi connectivity index (χ1n) is 8.57. The highest BCUT2D eigenvalue weighted by molar-refractivity contribution is 5.32. The molecule has 2 atom stereocenters. The van der Waals surface area contributed by atoms with Crippen molar-refractivity contribution in [3.63, 3.8) is 0 Å². The zero-order valence-corrected chi connectivity index (χ0v) is 16.0. The van der Waals surface area contributed by atoms with E-state index in [1.807, 2.05) is 34.6 Å². The maximum Gasteiger partial charge on any atom is 0.290 e. The van der Waals surface area contributed by atoms with Crippen LogP contribution in [0.1, 0.15) is 88.0 Å². The van der Waals surface area contributed by atoms with E-state index >= 15 is 0 Å². The lowest BCUT2D eigenvalue weighted by atomic mass is 9.91. The number of carboxylic acid groups (broad SMARTS) is 1. The van der Waals surface area contributed by atoms with Crippen LogP contribution in [0.25, 0.3) is 0 Å². The summed E-state index contributed by atoms with van der Waals surface area (Å²) in [6.45, 7) is 18.5. The summed E-state index contributed by atoms with van der Waals surface area (Å²) in [5.41, 5.74) is 0.217. The molecule has 3 N–H and O–H groups in total. The first-order chi connectivity index (χ1) is 10.5. The Balaban J connectivity index is -0.0000000832. The van der Waals surface area contributed by atoms with Gasteiger partial charge in [-0.1, -0.05) is 54.5 Å². The summed E-state index contributed by atoms with van der Waals surface area (Å²) in [5.74, 6) is 0. The monoisotopic (exact) mass is 335 g/mol. The van der Waals surface area contributed by atoms with Crippen molar-refractivity contribution in [1.29, 1.82) is 0 Å². The molecule has 1 aliphatic rings. The molecule has 0 aromatic heterocycles. The minimum Gasteiger partial charge on any atom is -0.483 e. The average molecular weight is 336 g/mol. The fourth-order valence-electron chi connectivity index (χ4n) is 2.09. The second-order valence-corrected chi connectivity index (χ2v) is 4.75. The fourth-order valence-corrected chi connectivity index (χ4v) is 2.09. The van der Waals surface area contributed by atoms with Crippen LogP contribution in [0.5, 0.6) is 0 Å². The second-order valence-electron chi connectivity index (χ2n) is 4.75. The van der Waals surface area contributed by atoms with Gasteiger partial charge < -0.3 is 15.5 Å². The molecule has 0 aliphatic carbocycles. The summed E-state index contributed by atoms with van der Waals surface area (Å²) < 4.78 is 0. The molecule has 0 radical (unpaired) electrons. The van der Waals surface area contributed by atoms with E-state index in [2.05, 4.69) is 25.7 Å². The van der Waals surface area contributed by atoms with Gasteiger partial charge in [-0.15, -0.1) is 6.58 Å². The van der Waals surface area contributed by atoms with Crippen LogP contribution in [-0.2, 0) is 4.79 Å². The Bertz CT molecular complexity index is 197. The molecule has 144 valence electrons. The van der Waals surface area contributed by atoms with Crippen molar-refractivity contribution in [2.75, 3.05) is 6.54 Å². The van der Waals surface area contributed by atoms with Crippen molar-refractivity contribution in [3.8, 4) is 0 Å². The third-order valence-electron chi connectivity index (χ3n) is 2.77. The third-order valence-corrected chi connectivity index (χ3v) is 2.77. The van der Waals surface area contributed by atoms with Gasteiger partial charge in [0.2, 0.25) is 0 Å². The standard InChI is InChI=1S/C10H21NO.C3H6.2C2H6.CH2O2.CH4/c1-3-5-9(12)8-10(2)6-4-7-11-10;1-3-2;2*1-2;2-1-3;/h9,11-12H,3-8H2,1-2H3;3H,1H2,2H3;2*1-2H3;1H,(H,2,3);1H4. The van der Waals surface area contributed by atoms with Crippen LogP contribution in [0.4, 0.5) is 0 Å². The lowest BCUT2D eigenvalue weighted by molar-refractivity contribution is -0.122. The lowest BCUT2D eigenvalue weighted by Gasteiger charge is -2.27. The molecule has 2 unspecified atom stereocenters. The van der Waals surface area contributed by atoms with Gasteiger partial charge in [-0.25, -0.2) is 0 Å². The highest BCUT2D eigenvalue weighted by atomic mass is 16.3. The highest BCUT2D eigenvalue weighted by Gasteiger charge is 2.29. The number of carbonyl (C=O) groups is 1. The zero-order chi connectivity index (χ0) is 18.4. The molecule has 1 rings (SSSR count). The van der Waals surface area contributed by atoms with Crippen molar-refractivity contribution in [2.45, 2.75) is 99.6 Å². The molecule has 0 amide bonds. The Labute approximate surface area is 146 Å². The van der Waals surface area contributed by atoms with E-state index in [1.54, 1.807) is 6.08 Å². The number of hydrogen-bond acceptors (Lipinski definition) is 3. The molecule has 0 saturated carbocycles. The van der Waals surface area contributed by atoms with Crippen molar-refractivity contribution < 1.29 is 15.0 Å². The van der Waals surface area contributed by atoms with E-state index in [0.717, 1.165) is 25.8 Å². The van der Waals surface area contributed by atoms with Crippen LogP contribution >= 0.6 is 0 Å². The Hall–Kier alpha value is -0.870. The van der Waals surface area contributed by atoms with E-state index < -0.39 is 0 Å². The molecule has 1 fully saturated rings. The number of allylic oxidation sites excluding steroid dienone is 1. The van der Waals surface area contributed by atoms with Gasteiger partial charge in [0, 0.05) is 5.54 Å². The Morgan fingerprint density at radius 1 is 1.30 bits per heavy atom. The molecule has 4 nitrogen and oxygen atoms in total. The lowest BCUT2D eigenvalue weighted by Crippen LogP contribution is -2.39. The molecular weight excluding hydrogens is 290 g/mol. The number of nitrogens with one attached hydrogen (secondary N) is 1. The SMILES string of the molecule is C.C=CC.CC.CC.CCCC(O)CC1(C)CCCN1.O=CO. The van der Waals surface area contributed by atoms with Crippen LogP contribution < -0.4 is 5.32 Å². The molecule has 0 aromatic rings. The Morgan fingerprint density at radius 2 is 1.70 bits per heavy atom. The molecule has 1 heterocycles. The predicted octanol–water partition coefficient (Wildman–Crippen LogP) is 5.26. The number of aliphatic hydroxyl groups excluding tert-OH is 1. The zero-order valence-electron chi connectivity index (χ0n) is 16.0. The molecule has 4 heteroatoms. The maximum atomic E-state index is 9.63. The van der Waals surface area contributed by atoms with Crippen LogP contribution in [0.15, 0.2) is 12.7 Å². The van der Waals surface area contributed by atoms with Crippen LogP contribution in [0.2, 0.25) is 0 Å². The largest absolute Gasteiger partial charge is 0.483 e. The minimum absolute atomic E-state index is 0. The van der Waals surface area contributed by atoms with E-state index in [1.165, 1.54) is 12.8 Å². The third kappa shape index (κ3) is 29.7. The second kappa shape index (κ2) is 29.2. The smallest absolute Gasteiger partial charge is 0.290 e. The maximum absolute atomic E-state index is 9.63. The van der Waals surface area contributed by atoms with Gasteiger partial charge in [0.25, 0.3) is 6.47 Å². The van der Waals surface area contributed by atoms with Crippen molar-refractivity contribution in [3.05, 3.63) is 12.7 Å². The first kappa shape index (κ1) is 33.7. The van der Waals surface area contributed by atoms with Gasteiger partial charge in [-0.05, 0) is 46.1 Å². The van der Waals surface area contributed by atoms with Gasteiger partial charge >= 0.3 is 0 Å². The first-order valence-corrected chi connectivity index (χ1v) is 8.57. The van der Waals surface area contributed by atoms with Gasteiger partial charge in [0.15, 0.2) is 0 Å². The Kier molecular flexibility index (Phi) is 42.7. The van der Waals surface area contributed by atoms with Crippen LogP contribution in [0, 0.1) is 0 Å². The molecule has 0 bridgehead atoms. The summed E-state index contributed by atoms with van der Waals surface area (Å²) in [6, 6.07) is 0. The summed E-state index contributed by atoms with van der Waals surface area (Å²) in [7, 11) is 0. The van der Waals surface area contributed by atoms with Crippen LogP contribution in [-0.4, -0.2) is 34.9 Å². The fraction of sp³-hybridized carbons (Fsp3) is 0.842. The highest BCUT2D eigenvalue weighted by Crippen LogP contribution is 2.24. The summed E-state index contributed by atoms with van der Waals surface area (Å²) in [5, 5.41) is 20.0. The summed E-state index contributed by atoms with van der Waals surface area (Å²) in [6.07, 6.45) is 7.06. The molecule has 0 aromatic carbocycles. The van der Waals surface area contributed by atoms with Crippen molar-refractivity contribution in [1.82, 2.24) is 5.32 Å². The number of rotatable bonds is 4. The van der Waals surface area contributed by atoms with Gasteiger partial charge in [-0.3, -0.25) is 4.79 Å². The van der Waals surface area contributed by atoms with E-state index in [0.29, 0.717) is 0 Å². The van der Waals surface area contributed by atoms with Crippen molar-refractivity contribution in [2.24, 2.45) is 0 Å². The normalized spacial score (nSPS) is 18.4. The topological polar surface area (TPSA) is 69.6 Å². The average Bonchev–Trinajstić information content (AvgIpc) is 2.91. The van der Waals surface area contributed by atoms with Gasteiger partial charge in [0.05, 0.1) is 6.10 Å². The number of hydrogen-bond donors (Lipinski definition) is 3. The van der Waals surface area contributed by atoms with E-state index in [-0.39, 0.29) is 25.5 Å². The molecule has 0 spiro atoms. The summed E-state index contributed by atoms with van der Waals surface area (Å²) in [4.78, 5) is 8.36. The molecule has 1 aliphatic heterocycles. The predicted molar refractivity (Wildman–Crippen MR) is 105 cm³/mol. The van der Waals surface area contributed by atoms with Crippen molar-refractivity contribution >= 4 is 6.47 Å².